The molecule has 60 valence electrons. The first-order valence-corrected chi connectivity index (χ1v) is 3.77. The van der Waals surface area contributed by atoms with Crippen molar-refractivity contribution in [2.75, 3.05) is 0 Å². The van der Waals surface area contributed by atoms with E-state index in [1.807, 2.05) is 6.07 Å². The summed E-state index contributed by atoms with van der Waals surface area (Å²) in [5.41, 5.74) is -0.261. The highest BCUT2D eigenvalue weighted by atomic mass is 16.4. The van der Waals surface area contributed by atoms with Gasteiger partial charge in [-0.1, -0.05) is 19.9 Å². The molecular weight excluding hydrogens is 140 g/mol. The summed E-state index contributed by atoms with van der Waals surface area (Å²) in [6.07, 6.45) is 0.829. The fourth-order valence-corrected chi connectivity index (χ4v) is 0.943. The van der Waals surface area contributed by atoms with Crippen molar-refractivity contribution in [3.05, 3.63) is 34.4 Å². The highest BCUT2D eigenvalue weighted by molar-refractivity contribution is 4.99. The number of rotatable bonds is 2. The molecule has 0 atom stereocenters. The van der Waals surface area contributed by atoms with Gasteiger partial charge in [0, 0.05) is 12.5 Å². The van der Waals surface area contributed by atoms with E-state index in [1.165, 1.54) is 6.07 Å². The molecule has 0 spiro atoms. The predicted molar refractivity (Wildman–Crippen MR) is 43.5 cm³/mol. The average Bonchev–Trinajstić information content (AvgIpc) is 1.85. The van der Waals surface area contributed by atoms with E-state index in [-0.39, 0.29) is 5.63 Å². The van der Waals surface area contributed by atoms with Gasteiger partial charge in [-0.05, 0) is 12.0 Å². The average molecular weight is 152 g/mol. The van der Waals surface area contributed by atoms with Gasteiger partial charge in [-0.3, -0.25) is 0 Å². The predicted octanol–water partition coefficient (Wildman–Crippen LogP) is 1.84. The van der Waals surface area contributed by atoms with Crippen LogP contribution in [0.5, 0.6) is 0 Å². The maximum Gasteiger partial charge on any atom is 0.335 e. The lowest BCUT2D eigenvalue weighted by Crippen LogP contribution is -2.00. The second-order valence-electron chi connectivity index (χ2n) is 3.01. The van der Waals surface area contributed by atoms with E-state index in [9.17, 15) is 4.79 Å². The molecule has 0 fully saturated rings. The highest BCUT2D eigenvalue weighted by Crippen LogP contribution is 2.04. The fraction of sp³-hybridized carbons (Fsp3) is 0.444. The van der Waals surface area contributed by atoms with Crippen LogP contribution in [0, 0.1) is 5.92 Å². The Labute approximate surface area is 65.9 Å². The molecule has 1 aromatic heterocycles. The molecule has 0 aromatic carbocycles. The van der Waals surface area contributed by atoms with E-state index < -0.39 is 0 Å². The Morgan fingerprint density at radius 2 is 2.18 bits per heavy atom. The summed E-state index contributed by atoms with van der Waals surface area (Å²) < 4.78 is 4.93. The van der Waals surface area contributed by atoms with E-state index in [2.05, 4.69) is 13.8 Å². The zero-order chi connectivity index (χ0) is 8.27. The summed E-state index contributed by atoms with van der Waals surface area (Å²) in [6.45, 7) is 4.18. The van der Waals surface area contributed by atoms with Gasteiger partial charge in [0.15, 0.2) is 0 Å². The third kappa shape index (κ3) is 2.58. The summed E-state index contributed by atoms with van der Waals surface area (Å²) in [6, 6.07) is 4.98. The standard InChI is InChI=1S/C9H12O2/c1-7(2)6-8-4-3-5-9(10)11-8/h3-5,7H,6H2,1-2H3. The van der Waals surface area contributed by atoms with E-state index in [1.54, 1.807) is 6.07 Å². The monoisotopic (exact) mass is 152 g/mol. The van der Waals surface area contributed by atoms with E-state index >= 15 is 0 Å². The van der Waals surface area contributed by atoms with E-state index in [4.69, 9.17) is 4.42 Å². The molecule has 2 heteroatoms. The maximum atomic E-state index is 10.7. The summed E-state index contributed by atoms with van der Waals surface area (Å²) in [5, 5.41) is 0. The molecule has 1 rings (SSSR count). The van der Waals surface area contributed by atoms with Crippen molar-refractivity contribution >= 4 is 0 Å². The summed E-state index contributed by atoms with van der Waals surface area (Å²) in [4.78, 5) is 10.7. The second kappa shape index (κ2) is 3.37. The van der Waals surface area contributed by atoms with Crippen LogP contribution in [0.3, 0.4) is 0 Å². The van der Waals surface area contributed by atoms with E-state index in [0.717, 1.165) is 12.2 Å². The minimum Gasteiger partial charge on any atom is -0.428 e. The molecule has 11 heavy (non-hydrogen) atoms. The minimum absolute atomic E-state index is 0.261. The maximum absolute atomic E-state index is 10.7. The quantitative estimate of drug-likeness (QED) is 0.647. The van der Waals surface area contributed by atoms with Crippen LogP contribution in [0.2, 0.25) is 0 Å². The third-order valence-electron chi connectivity index (χ3n) is 1.36. The van der Waals surface area contributed by atoms with Crippen molar-refractivity contribution in [3.63, 3.8) is 0 Å². The normalized spacial score (nSPS) is 10.5. The summed E-state index contributed by atoms with van der Waals surface area (Å²) in [7, 11) is 0. The lowest BCUT2D eigenvalue weighted by atomic mass is 10.1. The Morgan fingerprint density at radius 1 is 1.45 bits per heavy atom. The molecule has 0 saturated carbocycles. The van der Waals surface area contributed by atoms with E-state index in [0.29, 0.717) is 5.92 Å². The van der Waals surface area contributed by atoms with Gasteiger partial charge in [0.25, 0.3) is 0 Å². The van der Waals surface area contributed by atoms with Crippen LogP contribution in [0.15, 0.2) is 27.4 Å². The first kappa shape index (κ1) is 8.05. The van der Waals surface area contributed by atoms with Gasteiger partial charge in [0.05, 0.1) is 0 Å². The molecular formula is C9H12O2. The molecule has 0 bridgehead atoms. The summed E-state index contributed by atoms with van der Waals surface area (Å²) >= 11 is 0. The SMILES string of the molecule is CC(C)Cc1cccc(=O)o1. The Balaban J connectivity index is 2.80. The first-order chi connectivity index (χ1) is 5.18. The first-order valence-electron chi connectivity index (χ1n) is 3.77. The molecule has 0 radical (unpaired) electrons. The molecule has 1 aromatic rings. The van der Waals surface area contributed by atoms with Gasteiger partial charge < -0.3 is 4.42 Å². The Morgan fingerprint density at radius 3 is 2.73 bits per heavy atom. The smallest absolute Gasteiger partial charge is 0.335 e. The molecule has 0 aliphatic rings. The number of hydrogen-bond acceptors (Lipinski definition) is 2. The summed E-state index contributed by atoms with van der Waals surface area (Å²) in [5.74, 6) is 1.30. The van der Waals surface area contributed by atoms with Gasteiger partial charge in [-0.2, -0.15) is 0 Å². The molecule has 0 aliphatic carbocycles. The van der Waals surface area contributed by atoms with Crippen LogP contribution >= 0.6 is 0 Å². The lowest BCUT2D eigenvalue weighted by Gasteiger charge is -2.00. The van der Waals surface area contributed by atoms with Gasteiger partial charge in [-0.15, -0.1) is 0 Å². The number of hydrogen-bond donors (Lipinski definition) is 0. The van der Waals surface area contributed by atoms with Crippen LogP contribution in [0.25, 0.3) is 0 Å². The van der Waals surface area contributed by atoms with Crippen LogP contribution in [-0.4, -0.2) is 0 Å². The van der Waals surface area contributed by atoms with Crippen LogP contribution in [0.1, 0.15) is 19.6 Å². The van der Waals surface area contributed by atoms with Gasteiger partial charge in [0.1, 0.15) is 5.76 Å². The van der Waals surface area contributed by atoms with Crippen LogP contribution < -0.4 is 5.63 Å². The fourth-order valence-electron chi connectivity index (χ4n) is 0.943. The molecule has 0 unspecified atom stereocenters. The molecule has 0 N–H and O–H groups in total. The topological polar surface area (TPSA) is 30.2 Å². The largest absolute Gasteiger partial charge is 0.428 e. The van der Waals surface area contributed by atoms with Crippen LogP contribution in [-0.2, 0) is 6.42 Å². The molecule has 0 saturated heterocycles. The third-order valence-corrected chi connectivity index (χ3v) is 1.36. The molecule has 0 amide bonds. The Hall–Kier alpha value is -1.05. The zero-order valence-electron chi connectivity index (χ0n) is 6.83. The van der Waals surface area contributed by atoms with Crippen molar-refractivity contribution in [1.29, 1.82) is 0 Å². The molecule has 0 aliphatic heterocycles. The second-order valence-corrected chi connectivity index (χ2v) is 3.01. The zero-order valence-corrected chi connectivity index (χ0v) is 6.83. The molecule has 1 heterocycles. The van der Waals surface area contributed by atoms with Crippen molar-refractivity contribution in [2.24, 2.45) is 5.92 Å². The Kier molecular flexibility index (Phi) is 2.47. The van der Waals surface area contributed by atoms with Gasteiger partial charge >= 0.3 is 5.63 Å². The van der Waals surface area contributed by atoms with Gasteiger partial charge in [0.2, 0.25) is 0 Å². The van der Waals surface area contributed by atoms with Crippen molar-refractivity contribution in [1.82, 2.24) is 0 Å². The Bertz CT molecular complexity index is 273. The lowest BCUT2D eigenvalue weighted by molar-refractivity contribution is 0.432. The van der Waals surface area contributed by atoms with Crippen LogP contribution in [0.4, 0.5) is 0 Å². The highest BCUT2D eigenvalue weighted by Gasteiger charge is 1.98. The van der Waals surface area contributed by atoms with Crippen molar-refractivity contribution in [3.8, 4) is 0 Å². The van der Waals surface area contributed by atoms with Crippen molar-refractivity contribution < 1.29 is 4.42 Å². The van der Waals surface area contributed by atoms with Crippen molar-refractivity contribution in [2.45, 2.75) is 20.3 Å². The minimum atomic E-state index is -0.261. The van der Waals surface area contributed by atoms with Gasteiger partial charge in [-0.25, -0.2) is 4.79 Å². The molecule has 2 nitrogen and oxygen atoms in total.